The molecule has 0 saturated carbocycles. The summed E-state index contributed by atoms with van der Waals surface area (Å²) in [5, 5.41) is 9.08. The lowest BCUT2D eigenvalue weighted by Crippen LogP contribution is -2.10. The van der Waals surface area contributed by atoms with E-state index in [1.54, 1.807) is 10.9 Å². The fourth-order valence-corrected chi connectivity index (χ4v) is 3.29. The van der Waals surface area contributed by atoms with Crippen molar-refractivity contribution in [1.29, 1.82) is 0 Å². The maximum absolute atomic E-state index is 12.4. The zero-order chi connectivity index (χ0) is 18.0. The summed E-state index contributed by atoms with van der Waals surface area (Å²) in [7, 11) is 1.83. The Morgan fingerprint density at radius 3 is 2.80 bits per heavy atom. The molecule has 0 spiro atoms. The topological polar surface area (TPSA) is 56.1 Å². The molecule has 0 radical (unpaired) electrons. The minimum Gasteiger partial charge on any atom is -0.489 e. The summed E-state index contributed by atoms with van der Waals surface area (Å²) in [6.07, 6.45) is 1.80. The summed E-state index contributed by atoms with van der Waals surface area (Å²) in [5.41, 5.74) is 4.78. The Hall–Kier alpha value is -2.60. The number of hydrogen-bond donors (Lipinski definition) is 1. The van der Waals surface area contributed by atoms with Crippen molar-refractivity contribution >= 4 is 22.9 Å². The third-order valence-corrected chi connectivity index (χ3v) is 4.85. The number of rotatable bonds is 5. The molecule has 0 aliphatic carbocycles. The molecule has 2 heterocycles. The number of thiophene rings is 1. The minimum atomic E-state index is -0.126. The molecule has 6 heteroatoms. The van der Waals surface area contributed by atoms with Gasteiger partial charge in [0.25, 0.3) is 5.91 Å². The minimum absolute atomic E-state index is 0.126. The van der Waals surface area contributed by atoms with Gasteiger partial charge in [0.15, 0.2) is 0 Å². The molecule has 0 bridgehead atoms. The molecule has 0 aliphatic rings. The molecule has 0 aliphatic heterocycles. The van der Waals surface area contributed by atoms with Crippen LogP contribution < -0.4 is 10.1 Å². The van der Waals surface area contributed by atoms with E-state index in [9.17, 15) is 4.79 Å². The van der Waals surface area contributed by atoms with Gasteiger partial charge in [-0.2, -0.15) is 5.10 Å². The molecule has 2 aromatic heterocycles. The zero-order valence-corrected chi connectivity index (χ0v) is 15.6. The summed E-state index contributed by atoms with van der Waals surface area (Å²) in [5.74, 6) is 0.752. The van der Waals surface area contributed by atoms with Crippen LogP contribution in [0.15, 0.2) is 35.8 Å². The van der Waals surface area contributed by atoms with Gasteiger partial charge in [-0.3, -0.25) is 9.48 Å². The number of anilines is 1. The normalized spacial score (nSPS) is 10.7. The summed E-state index contributed by atoms with van der Waals surface area (Å²) >= 11 is 1.41. The van der Waals surface area contributed by atoms with Crippen LogP contribution in [0, 0.1) is 20.8 Å². The highest BCUT2D eigenvalue weighted by atomic mass is 32.1. The molecule has 5 nitrogen and oxygen atoms in total. The lowest BCUT2D eigenvalue weighted by atomic mass is 10.1. The number of benzene rings is 1. The fourth-order valence-electron chi connectivity index (χ4n) is 2.50. The van der Waals surface area contributed by atoms with E-state index >= 15 is 0 Å². The first kappa shape index (κ1) is 17.2. The average molecular weight is 355 g/mol. The number of ether oxygens (including phenoxy) is 1. The van der Waals surface area contributed by atoms with Crippen molar-refractivity contribution in [3.8, 4) is 5.75 Å². The Morgan fingerprint density at radius 2 is 2.08 bits per heavy atom. The maximum atomic E-state index is 12.4. The summed E-state index contributed by atoms with van der Waals surface area (Å²) < 4.78 is 7.58. The van der Waals surface area contributed by atoms with Crippen molar-refractivity contribution in [2.75, 3.05) is 5.32 Å². The molecular formula is C19H21N3O2S. The van der Waals surface area contributed by atoms with E-state index in [-0.39, 0.29) is 5.91 Å². The van der Waals surface area contributed by atoms with E-state index in [0.29, 0.717) is 11.5 Å². The van der Waals surface area contributed by atoms with Crippen molar-refractivity contribution in [2.45, 2.75) is 27.4 Å². The van der Waals surface area contributed by atoms with Crippen molar-refractivity contribution in [2.24, 2.45) is 7.05 Å². The number of carbonyl (C=O) groups is 1. The summed E-state index contributed by atoms with van der Waals surface area (Å²) in [4.78, 5) is 13.0. The standard InChI is InChI=1S/C19H21N3O2S/c1-12-5-6-13(2)17(7-12)24-10-15-8-18(25-11-15)19(23)20-16-9-22(4)21-14(16)3/h5-9,11H,10H2,1-4H3,(H,20,23). The number of aryl methyl sites for hydroxylation is 4. The second-order valence-electron chi connectivity index (χ2n) is 6.13. The third-order valence-electron chi connectivity index (χ3n) is 3.88. The van der Waals surface area contributed by atoms with Crippen LogP contribution in [-0.4, -0.2) is 15.7 Å². The van der Waals surface area contributed by atoms with Crippen LogP contribution in [0.1, 0.15) is 32.1 Å². The van der Waals surface area contributed by atoms with Gasteiger partial charge in [-0.1, -0.05) is 12.1 Å². The van der Waals surface area contributed by atoms with E-state index in [4.69, 9.17) is 4.74 Å². The molecule has 1 aromatic carbocycles. The van der Waals surface area contributed by atoms with Crippen molar-refractivity contribution in [3.05, 3.63) is 63.1 Å². The van der Waals surface area contributed by atoms with E-state index in [2.05, 4.69) is 16.5 Å². The Bertz CT molecular complexity index is 911. The van der Waals surface area contributed by atoms with Gasteiger partial charge in [0.2, 0.25) is 0 Å². The summed E-state index contributed by atoms with van der Waals surface area (Å²) in [6.45, 7) is 6.38. The van der Waals surface area contributed by atoms with Gasteiger partial charge in [0.05, 0.1) is 16.3 Å². The van der Waals surface area contributed by atoms with Crippen LogP contribution in [0.4, 0.5) is 5.69 Å². The van der Waals surface area contributed by atoms with Crippen LogP contribution in [0.5, 0.6) is 5.75 Å². The molecule has 0 atom stereocenters. The number of carbonyl (C=O) groups excluding carboxylic acids is 1. The SMILES string of the molecule is Cc1ccc(C)c(OCc2csc(C(=O)Nc3cn(C)nc3C)c2)c1. The van der Waals surface area contributed by atoms with Gasteiger partial charge in [-0.05, 0) is 49.4 Å². The second kappa shape index (κ2) is 7.11. The van der Waals surface area contributed by atoms with Crippen molar-refractivity contribution in [3.63, 3.8) is 0 Å². The van der Waals surface area contributed by atoms with E-state index in [1.807, 2.05) is 51.4 Å². The van der Waals surface area contributed by atoms with E-state index < -0.39 is 0 Å². The van der Waals surface area contributed by atoms with Crippen LogP contribution in [0.3, 0.4) is 0 Å². The molecule has 3 aromatic rings. The van der Waals surface area contributed by atoms with Crippen molar-refractivity contribution < 1.29 is 9.53 Å². The van der Waals surface area contributed by atoms with Gasteiger partial charge in [0.1, 0.15) is 12.4 Å². The molecule has 25 heavy (non-hydrogen) atoms. The fraction of sp³-hybridized carbons (Fsp3) is 0.263. The number of nitrogens with one attached hydrogen (secondary N) is 1. The maximum Gasteiger partial charge on any atom is 0.265 e. The second-order valence-corrected chi connectivity index (χ2v) is 7.04. The molecule has 0 unspecified atom stereocenters. The molecule has 1 amide bonds. The Morgan fingerprint density at radius 1 is 1.28 bits per heavy atom. The molecule has 130 valence electrons. The number of nitrogens with zero attached hydrogens (tertiary/aromatic N) is 2. The number of hydrogen-bond acceptors (Lipinski definition) is 4. The highest BCUT2D eigenvalue weighted by Gasteiger charge is 2.13. The van der Waals surface area contributed by atoms with Crippen LogP contribution in [-0.2, 0) is 13.7 Å². The highest BCUT2D eigenvalue weighted by molar-refractivity contribution is 7.12. The zero-order valence-electron chi connectivity index (χ0n) is 14.8. The highest BCUT2D eigenvalue weighted by Crippen LogP contribution is 2.23. The molecule has 3 rings (SSSR count). The predicted molar refractivity (Wildman–Crippen MR) is 100 cm³/mol. The predicted octanol–water partition coefficient (Wildman–Crippen LogP) is 4.24. The van der Waals surface area contributed by atoms with Crippen molar-refractivity contribution in [1.82, 2.24) is 9.78 Å². The first-order valence-corrected chi connectivity index (χ1v) is 8.89. The average Bonchev–Trinajstić information content (AvgIpc) is 3.15. The Kier molecular flexibility index (Phi) is 4.90. The smallest absolute Gasteiger partial charge is 0.265 e. The number of aromatic nitrogens is 2. The lowest BCUT2D eigenvalue weighted by Gasteiger charge is -2.08. The van der Waals surface area contributed by atoms with E-state index in [0.717, 1.165) is 33.8 Å². The van der Waals surface area contributed by atoms with Crippen LogP contribution in [0.2, 0.25) is 0 Å². The monoisotopic (exact) mass is 355 g/mol. The van der Waals surface area contributed by atoms with Gasteiger partial charge >= 0.3 is 0 Å². The van der Waals surface area contributed by atoms with Gasteiger partial charge in [0, 0.05) is 18.8 Å². The Balaban J connectivity index is 1.64. The Labute approximate surface area is 151 Å². The third kappa shape index (κ3) is 4.09. The van der Waals surface area contributed by atoms with Crippen LogP contribution >= 0.6 is 11.3 Å². The first-order chi connectivity index (χ1) is 11.9. The summed E-state index contributed by atoms with van der Waals surface area (Å²) in [6, 6.07) is 8.01. The van der Waals surface area contributed by atoms with Gasteiger partial charge in [-0.25, -0.2) is 0 Å². The van der Waals surface area contributed by atoms with Crippen LogP contribution in [0.25, 0.3) is 0 Å². The van der Waals surface area contributed by atoms with Gasteiger partial charge in [-0.15, -0.1) is 11.3 Å². The quantitative estimate of drug-likeness (QED) is 0.745. The molecule has 0 saturated heterocycles. The molecular weight excluding hydrogens is 334 g/mol. The number of amides is 1. The molecule has 1 N–H and O–H groups in total. The van der Waals surface area contributed by atoms with Gasteiger partial charge < -0.3 is 10.1 Å². The lowest BCUT2D eigenvalue weighted by molar-refractivity contribution is 0.103. The first-order valence-electron chi connectivity index (χ1n) is 8.01. The van der Waals surface area contributed by atoms with E-state index in [1.165, 1.54) is 11.3 Å². The largest absolute Gasteiger partial charge is 0.489 e. The molecule has 0 fully saturated rings.